The highest BCUT2D eigenvalue weighted by molar-refractivity contribution is 5.77. The molecule has 0 bridgehead atoms. The fourth-order valence-corrected chi connectivity index (χ4v) is 3.98. The van der Waals surface area contributed by atoms with Crippen LogP contribution in [0.3, 0.4) is 0 Å². The predicted molar refractivity (Wildman–Crippen MR) is 108 cm³/mol. The van der Waals surface area contributed by atoms with Crippen molar-refractivity contribution in [2.45, 2.75) is 39.7 Å². The van der Waals surface area contributed by atoms with Gasteiger partial charge in [0.05, 0.1) is 26.2 Å². The van der Waals surface area contributed by atoms with E-state index in [1.165, 1.54) is 22.4 Å². The number of benzene rings is 2. The van der Waals surface area contributed by atoms with Crippen LogP contribution in [0.15, 0.2) is 42.5 Å². The minimum absolute atomic E-state index is 0.525. The number of nitrogens with one attached hydrogen (secondary N) is 1. The fourth-order valence-electron chi connectivity index (χ4n) is 3.98. The average molecular weight is 352 g/mol. The van der Waals surface area contributed by atoms with E-state index in [9.17, 15) is 4.79 Å². The molecule has 0 spiro atoms. The molecule has 3 rings (SSSR count). The van der Waals surface area contributed by atoms with E-state index in [1.54, 1.807) is 4.90 Å². The SMILES string of the molecule is Cc1cc(C=O)ccc1N1CC[NH+]([C@H](C)c2ccc(C(C)C)cc2)CC1. The van der Waals surface area contributed by atoms with Crippen molar-refractivity contribution in [2.75, 3.05) is 31.1 Å². The van der Waals surface area contributed by atoms with Crippen molar-refractivity contribution >= 4 is 12.0 Å². The number of aryl methyl sites for hydroxylation is 1. The number of anilines is 1. The Morgan fingerprint density at radius 1 is 0.962 bits per heavy atom. The van der Waals surface area contributed by atoms with Gasteiger partial charge < -0.3 is 9.80 Å². The van der Waals surface area contributed by atoms with Gasteiger partial charge in [0.1, 0.15) is 12.3 Å². The lowest BCUT2D eigenvalue weighted by atomic mass is 9.98. The summed E-state index contributed by atoms with van der Waals surface area (Å²) in [5.41, 5.74) is 6.06. The number of nitrogens with zero attached hydrogens (tertiary/aromatic N) is 1. The summed E-state index contributed by atoms with van der Waals surface area (Å²) in [7, 11) is 0. The van der Waals surface area contributed by atoms with Gasteiger partial charge >= 0.3 is 0 Å². The molecule has 2 aromatic rings. The van der Waals surface area contributed by atoms with E-state index < -0.39 is 0 Å². The van der Waals surface area contributed by atoms with Crippen LogP contribution in [0.5, 0.6) is 0 Å². The third kappa shape index (κ3) is 3.99. The van der Waals surface area contributed by atoms with Crippen LogP contribution < -0.4 is 9.80 Å². The van der Waals surface area contributed by atoms with Gasteiger partial charge in [0.2, 0.25) is 0 Å². The molecule has 0 aliphatic carbocycles. The molecule has 0 aromatic heterocycles. The summed E-state index contributed by atoms with van der Waals surface area (Å²) in [6.45, 7) is 13.3. The Hall–Kier alpha value is -2.13. The highest BCUT2D eigenvalue weighted by atomic mass is 16.1. The number of piperazine rings is 1. The molecule has 1 saturated heterocycles. The Bertz CT molecular complexity index is 743. The molecule has 0 saturated carbocycles. The Morgan fingerprint density at radius 2 is 1.58 bits per heavy atom. The van der Waals surface area contributed by atoms with Crippen LogP contribution >= 0.6 is 0 Å². The summed E-state index contributed by atoms with van der Waals surface area (Å²) >= 11 is 0. The van der Waals surface area contributed by atoms with Crippen molar-refractivity contribution < 1.29 is 9.69 Å². The van der Waals surface area contributed by atoms with Gasteiger partial charge in [-0.3, -0.25) is 4.79 Å². The molecule has 138 valence electrons. The van der Waals surface area contributed by atoms with Crippen LogP contribution in [0.25, 0.3) is 0 Å². The van der Waals surface area contributed by atoms with E-state index in [1.807, 2.05) is 12.1 Å². The van der Waals surface area contributed by atoms with Gasteiger partial charge in [0.25, 0.3) is 0 Å². The van der Waals surface area contributed by atoms with Gasteiger partial charge in [-0.2, -0.15) is 0 Å². The van der Waals surface area contributed by atoms with Crippen LogP contribution in [0.4, 0.5) is 5.69 Å². The van der Waals surface area contributed by atoms with Crippen LogP contribution in [0.2, 0.25) is 0 Å². The summed E-state index contributed by atoms with van der Waals surface area (Å²) in [6, 6.07) is 15.7. The smallest absolute Gasteiger partial charge is 0.150 e. The maximum atomic E-state index is 10.9. The molecule has 1 heterocycles. The average Bonchev–Trinajstić information content (AvgIpc) is 2.67. The lowest BCUT2D eigenvalue weighted by molar-refractivity contribution is -0.930. The quantitative estimate of drug-likeness (QED) is 0.835. The molecule has 1 aliphatic heterocycles. The van der Waals surface area contributed by atoms with E-state index in [0.29, 0.717) is 12.0 Å². The molecule has 3 nitrogen and oxygen atoms in total. The van der Waals surface area contributed by atoms with E-state index in [2.05, 4.69) is 62.9 Å². The number of aldehydes is 1. The van der Waals surface area contributed by atoms with Crippen LogP contribution in [0.1, 0.15) is 59.8 Å². The zero-order valence-corrected chi connectivity index (χ0v) is 16.5. The minimum atomic E-state index is 0.525. The van der Waals surface area contributed by atoms with Gasteiger partial charge in [-0.05, 0) is 49.1 Å². The number of hydrogen-bond acceptors (Lipinski definition) is 2. The number of carbonyl (C=O) groups is 1. The normalized spacial score (nSPS) is 16.7. The zero-order valence-electron chi connectivity index (χ0n) is 16.5. The van der Waals surface area contributed by atoms with Crippen molar-refractivity contribution in [1.29, 1.82) is 0 Å². The summed E-state index contributed by atoms with van der Waals surface area (Å²) in [5, 5.41) is 0. The second-order valence-corrected chi connectivity index (χ2v) is 7.85. The summed E-state index contributed by atoms with van der Waals surface area (Å²) in [4.78, 5) is 15.1. The maximum Gasteiger partial charge on any atom is 0.150 e. The number of rotatable bonds is 5. The molecular formula is C23H31N2O+. The fraction of sp³-hybridized carbons (Fsp3) is 0.435. The van der Waals surface area contributed by atoms with E-state index in [-0.39, 0.29) is 0 Å². The minimum Gasteiger partial charge on any atom is -0.360 e. The molecule has 0 unspecified atom stereocenters. The van der Waals surface area contributed by atoms with Crippen LogP contribution in [0, 0.1) is 6.92 Å². The number of hydrogen-bond donors (Lipinski definition) is 1. The maximum absolute atomic E-state index is 10.9. The Morgan fingerprint density at radius 3 is 2.12 bits per heavy atom. The molecule has 2 aromatic carbocycles. The van der Waals surface area contributed by atoms with E-state index >= 15 is 0 Å². The molecule has 1 fully saturated rings. The Balaban J connectivity index is 1.63. The van der Waals surface area contributed by atoms with Crippen molar-refractivity contribution in [1.82, 2.24) is 0 Å². The first kappa shape index (κ1) is 18.7. The van der Waals surface area contributed by atoms with Gasteiger partial charge in [-0.25, -0.2) is 0 Å². The third-order valence-corrected chi connectivity index (χ3v) is 5.82. The van der Waals surface area contributed by atoms with Crippen molar-refractivity contribution in [3.8, 4) is 0 Å². The molecular weight excluding hydrogens is 320 g/mol. The topological polar surface area (TPSA) is 24.8 Å². The highest BCUT2D eigenvalue weighted by Crippen LogP contribution is 2.21. The number of quaternary nitrogens is 1. The molecule has 26 heavy (non-hydrogen) atoms. The van der Waals surface area contributed by atoms with Gasteiger partial charge in [0, 0.05) is 16.8 Å². The van der Waals surface area contributed by atoms with Crippen LogP contribution in [-0.4, -0.2) is 32.5 Å². The Labute approximate surface area is 157 Å². The first-order valence-corrected chi connectivity index (χ1v) is 9.75. The molecule has 0 radical (unpaired) electrons. The van der Waals surface area contributed by atoms with Gasteiger partial charge in [-0.15, -0.1) is 0 Å². The van der Waals surface area contributed by atoms with E-state index in [4.69, 9.17) is 0 Å². The third-order valence-electron chi connectivity index (χ3n) is 5.82. The summed E-state index contributed by atoms with van der Waals surface area (Å²) < 4.78 is 0. The summed E-state index contributed by atoms with van der Waals surface area (Å²) in [6.07, 6.45) is 0.922. The molecule has 3 heteroatoms. The second-order valence-electron chi connectivity index (χ2n) is 7.85. The lowest BCUT2D eigenvalue weighted by Crippen LogP contribution is -3.14. The van der Waals surface area contributed by atoms with Crippen molar-refractivity contribution in [2.24, 2.45) is 0 Å². The number of carbonyl (C=O) groups excluding carboxylic acids is 1. The van der Waals surface area contributed by atoms with Gasteiger partial charge in [-0.1, -0.05) is 38.1 Å². The molecule has 1 aliphatic rings. The lowest BCUT2D eigenvalue weighted by Gasteiger charge is -2.37. The second kappa shape index (κ2) is 8.05. The largest absolute Gasteiger partial charge is 0.360 e. The highest BCUT2D eigenvalue weighted by Gasteiger charge is 2.26. The monoisotopic (exact) mass is 351 g/mol. The zero-order chi connectivity index (χ0) is 18.7. The van der Waals surface area contributed by atoms with Crippen LogP contribution in [-0.2, 0) is 0 Å². The van der Waals surface area contributed by atoms with Crippen molar-refractivity contribution in [3.63, 3.8) is 0 Å². The summed E-state index contributed by atoms with van der Waals surface area (Å²) in [5.74, 6) is 0.587. The Kier molecular flexibility index (Phi) is 5.77. The molecule has 1 atom stereocenters. The van der Waals surface area contributed by atoms with E-state index in [0.717, 1.165) is 38.0 Å². The first-order valence-electron chi connectivity index (χ1n) is 9.75. The van der Waals surface area contributed by atoms with Crippen molar-refractivity contribution in [3.05, 3.63) is 64.7 Å². The molecule has 0 amide bonds. The first-order chi connectivity index (χ1) is 12.5. The molecule has 1 N–H and O–H groups in total. The standard InChI is InChI=1S/C23H30N2O/c1-17(2)21-6-8-22(9-7-21)19(4)24-11-13-25(14-12-24)23-10-5-20(16-26)15-18(23)3/h5-10,15-17,19H,11-14H2,1-4H3/p+1/t19-/m1/s1. The predicted octanol–water partition coefficient (Wildman–Crippen LogP) is 3.40. The van der Waals surface area contributed by atoms with Gasteiger partial charge in [0.15, 0.2) is 0 Å².